The van der Waals surface area contributed by atoms with Crippen LogP contribution in [0.3, 0.4) is 0 Å². The van der Waals surface area contributed by atoms with Crippen molar-refractivity contribution in [3.63, 3.8) is 0 Å². The molecule has 0 saturated heterocycles. The molecule has 1 aromatic carbocycles. The zero-order valence-electron chi connectivity index (χ0n) is 15.3. The van der Waals surface area contributed by atoms with Crippen molar-refractivity contribution >= 4 is 17.4 Å². The van der Waals surface area contributed by atoms with Crippen LogP contribution >= 0.6 is 0 Å². The fraction of sp³-hybridized carbons (Fsp3) is 0.167. The number of carbonyl (C=O) groups is 1. The third-order valence-corrected chi connectivity index (χ3v) is 4.03. The van der Waals surface area contributed by atoms with Crippen LogP contribution in [0.1, 0.15) is 32.9 Å². The lowest BCUT2D eigenvalue weighted by molar-refractivity contribution is -0.385. The summed E-state index contributed by atoms with van der Waals surface area (Å²) in [6, 6.07) is 7.95. The van der Waals surface area contributed by atoms with Gasteiger partial charge < -0.3 is 5.32 Å². The molecule has 0 aliphatic carbocycles. The summed E-state index contributed by atoms with van der Waals surface area (Å²) in [5.74, 6) is -0.322. The number of hydrogen-bond acceptors (Lipinski definition) is 7. The number of rotatable bonds is 4. The molecule has 1 N–H and O–H groups in total. The minimum absolute atomic E-state index is 0.0865. The van der Waals surface area contributed by atoms with Crippen LogP contribution in [0.15, 0.2) is 30.5 Å². The number of nitro benzene ring substituents is 1. The van der Waals surface area contributed by atoms with Crippen LogP contribution in [0, 0.1) is 42.2 Å². The smallest absolute Gasteiger partial charge is 0.273 e. The van der Waals surface area contributed by atoms with E-state index < -0.39 is 10.8 Å². The van der Waals surface area contributed by atoms with Gasteiger partial charge in [-0.05, 0) is 32.9 Å². The van der Waals surface area contributed by atoms with Gasteiger partial charge in [0.1, 0.15) is 11.6 Å². The van der Waals surface area contributed by atoms with Crippen LogP contribution < -0.4 is 5.32 Å². The molecule has 3 aromatic rings. The first-order chi connectivity index (χ1) is 13.3. The van der Waals surface area contributed by atoms with E-state index in [1.54, 1.807) is 19.9 Å². The van der Waals surface area contributed by atoms with E-state index in [1.807, 2.05) is 6.07 Å². The summed E-state index contributed by atoms with van der Waals surface area (Å²) < 4.78 is 1.25. The number of amides is 1. The second kappa shape index (κ2) is 7.24. The van der Waals surface area contributed by atoms with Crippen LogP contribution in [0.4, 0.5) is 11.5 Å². The van der Waals surface area contributed by atoms with E-state index in [2.05, 4.69) is 20.4 Å². The van der Waals surface area contributed by atoms with E-state index in [0.29, 0.717) is 11.4 Å². The van der Waals surface area contributed by atoms with Crippen LogP contribution in [-0.2, 0) is 0 Å². The summed E-state index contributed by atoms with van der Waals surface area (Å²) in [4.78, 5) is 31.9. The predicted octanol–water partition coefficient (Wildman–Crippen LogP) is 2.62. The van der Waals surface area contributed by atoms with Crippen molar-refractivity contribution in [3.8, 4) is 12.0 Å². The summed E-state index contributed by atoms with van der Waals surface area (Å²) in [6.07, 6.45) is 1.29. The average molecular weight is 377 g/mol. The molecule has 1 amide bonds. The Bertz CT molecular complexity index is 1120. The molecule has 0 atom stereocenters. The van der Waals surface area contributed by atoms with Crippen molar-refractivity contribution in [1.82, 2.24) is 19.7 Å². The van der Waals surface area contributed by atoms with Crippen molar-refractivity contribution in [3.05, 3.63) is 68.7 Å². The molecular weight excluding hydrogens is 362 g/mol. The van der Waals surface area contributed by atoms with Gasteiger partial charge >= 0.3 is 0 Å². The van der Waals surface area contributed by atoms with E-state index in [-0.39, 0.29) is 34.1 Å². The third-order valence-electron chi connectivity index (χ3n) is 4.03. The van der Waals surface area contributed by atoms with Gasteiger partial charge in [0.2, 0.25) is 0 Å². The van der Waals surface area contributed by atoms with E-state index >= 15 is 0 Å². The number of nitriles is 1. The minimum Gasteiger partial charge on any atom is -0.305 e. The molecule has 0 radical (unpaired) electrons. The molecule has 0 fully saturated rings. The third kappa shape index (κ3) is 3.41. The number of benzene rings is 1. The van der Waals surface area contributed by atoms with E-state index in [9.17, 15) is 20.2 Å². The maximum Gasteiger partial charge on any atom is 0.273 e. The second-order valence-electron chi connectivity index (χ2n) is 6.04. The highest BCUT2D eigenvalue weighted by Gasteiger charge is 2.22. The van der Waals surface area contributed by atoms with Crippen molar-refractivity contribution in [1.29, 1.82) is 5.26 Å². The largest absolute Gasteiger partial charge is 0.305 e. The molecular formula is C18H15N7O3. The zero-order chi connectivity index (χ0) is 20.4. The number of nitrogens with zero attached hydrogens (tertiary/aromatic N) is 6. The van der Waals surface area contributed by atoms with Gasteiger partial charge in [0.05, 0.1) is 11.1 Å². The summed E-state index contributed by atoms with van der Waals surface area (Å²) >= 11 is 0. The summed E-state index contributed by atoms with van der Waals surface area (Å²) in [6.45, 7) is 5.07. The number of aryl methyl sites for hydroxylation is 2. The summed E-state index contributed by atoms with van der Waals surface area (Å²) in [7, 11) is 0. The molecule has 0 saturated carbocycles. The van der Waals surface area contributed by atoms with Crippen LogP contribution in [-0.4, -0.2) is 30.6 Å². The van der Waals surface area contributed by atoms with Crippen molar-refractivity contribution in [2.75, 3.05) is 5.32 Å². The fourth-order valence-electron chi connectivity index (χ4n) is 2.75. The number of nitro groups is 1. The molecule has 0 unspecified atom stereocenters. The molecule has 2 aromatic heterocycles. The van der Waals surface area contributed by atoms with Gasteiger partial charge in [-0.15, -0.1) is 0 Å². The Balaban J connectivity index is 2.05. The standard InChI is InChI=1S/C18H15N7O3/c1-10-7-11(2)22-18(21-10)24-16(13(8-19)9-20-24)23-17(26)14-5-4-6-15(12(14)3)25(27)28/h4-7,9H,1-3H3,(H,23,26). The average Bonchev–Trinajstić information content (AvgIpc) is 3.03. The molecule has 28 heavy (non-hydrogen) atoms. The van der Waals surface area contributed by atoms with Gasteiger partial charge in [0.25, 0.3) is 17.5 Å². The number of carbonyl (C=O) groups excluding carboxylic acids is 1. The van der Waals surface area contributed by atoms with Crippen LogP contribution in [0.5, 0.6) is 0 Å². The van der Waals surface area contributed by atoms with Crippen molar-refractivity contribution < 1.29 is 9.72 Å². The number of anilines is 1. The molecule has 140 valence electrons. The topological polar surface area (TPSA) is 140 Å². The number of aromatic nitrogens is 4. The Hall–Kier alpha value is -4.13. The zero-order valence-corrected chi connectivity index (χ0v) is 15.3. The molecule has 2 heterocycles. The first-order valence-corrected chi connectivity index (χ1v) is 8.18. The van der Waals surface area contributed by atoms with Crippen LogP contribution in [0.25, 0.3) is 5.95 Å². The second-order valence-corrected chi connectivity index (χ2v) is 6.04. The molecule has 3 rings (SSSR count). The lowest BCUT2D eigenvalue weighted by Gasteiger charge is -2.10. The van der Waals surface area contributed by atoms with Gasteiger partial charge in [-0.1, -0.05) is 6.07 Å². The van der Waals surface area contributed by atoms with Gasteiger partial charge in [-0.3, -0.25) is 14.9 Å². The molecule has 0 spiro atoms. The molecule has 10 nitrogen and oxygen atoms in total. The Morgan fingerprint density at radius 1 is 1.25 bits per heavy atom. The SMILES string of the molecule is Cc1cc(C)nc(-n2ncc(C#N)c2NC(=O)c2cccc([N+](=O)[O-])c2C)n1. The maximum absolute atomic E-state index is 12.8. The maximum atomic E-state index is 12.8. The highest BCUT2D eigenvalue weighted by Crippen LogP contribution is 2.24. The Labute approximate surface area is 159 Å². The molecule has 0 bridgehead atoms. The minimum atomic E-state index is -0.608. The molecule has 0 aliphatic rings. The van der Waals surface area contributed by atoms with E-state index in [4.69, 9.17) is 0 Å². The summed E-state index contributed by atoms with van der Waals surface area (Å²) in [5, 5.41) is 27.2. The lowest BCUT2D eigenvalue weighted by Crippen LogP contribution is -2.18. The van der Waals surface area contributed by atoms with Crippen molar-refractivity contribution in [2.24, 2.45) is 0 Å². The van der Waals surface area contributed by atoms with Gasteiger partial charge in [-0.25, -0.2) is 9.97 Å². The van der Waals surface area contributed by atoms with E-state index in [0.717, 1.165) is 0 Å². The Morgan fingerprint density at radius 2 is 1.93 bits per heavy atom. The monoisotopic (exact) mass is 377 g/mol. The fourth-order valence-corrected chi connectivity index (χ4v) is 2.75. The lowest BCUT2D eigenvalue weighted by atomic mass is 10.1. The first kappa shape index (κ1) is 18.7. The summed E-state index contributed by atoms with van der Waals surface area (Å²) in [5.41, 5.74) is 1.68. The highest BCUT2D eigenvalue weighted by molar-refractivity contribution is 6.06. The highest BCUT2D eigenvalue weighted by atomic mass is 16.6. The predicted molar refractivity (Wildman–Crippen MR) is 99.1 cm³/mol. The quantitative estimate of drug-likeness (QED) is 0.544. The first-order valence-electron chi connectivity index (χ1n) is 8.18. The van der Waals surface area contributed by atoms with Gasteiger partial charge in [-0.2, -0.15) is 15.0 Å². The van der Waals surface area contributed by atoms with Gasteiger partial charge in [0, 0.05) is 28.6 Å². The normalized spacial score (nSPS) is 10.4. The Kier molecular flexibility index (Phi) is 4.82. The molecule has 0 aliphatic heterocycles. The Morgan fingerprint density at radius 3 is 2.54 bits per heavy atom. The van der Waals surface area contributed by atoms with E-state index in [1.165, 1.54) is 36.0 Å². The van der Waals surface area contributed by atoms with Crippen LogP contribution in [0.2, 0.25) is 0 Å². The number of nitrogens with one attached hydrogen (secondary N) is 1. The van der Waals surface area contributed by atoms with Crippen molar-refractivity contribution in [2.45, 2.75) is 20.8 Å². The molecule has 10 heteroatoms. The number of hydrogen-bond donors (Lipinski definition) is 1. The van der Waals surface area contributed by atoms with Gasteiger partial charge in [0.15, 0.2) is 5.82 Å².